The molecule has 0 aromatic carbocycles. The molecule has 2 unspecified atom stereocenters. The molecule has 3 nitrogen and oxygen atoms in total. The van der Waals surface area contributed by atoms with E-state index in [4.69, 9.17) is 0 Å². The second-order valence-electron chi connectivity index (χ2n) is 6.20. The van der Waals surface area contributed by atoms with Gasteiger partial charge in [-0.1, -0.05) is 26.2 Å². The molecule has 0 spiro atoms. The summed E-state index contributed by atoms with van der Waals surface area (Å²) in [5.41, 5.74) is 1.74. The number of nitrogens with zero attached hydrogens (tertiary/aromatic N) is 2. The van der Waals surface area contributed by atoms with Gasteiger partial charge in [0.1, 0.15) is 0 Å². The maximum atomic E-state index is 10.9. The first-order valence-corrected chi connectivity index (χ1v) is 7.82. The fraction of sp³-hybridized carbons (Fsp3) is 0.812. The lowest BCUT2D eigenvalue weighted by Gasteiger charge is -2.27. The Hall–Kier alpha value is -0.830. The molecule has 1 aliphatic rings. The van der Waals surface area contributed by atoms with E-state index in [9.17, 15) is 5.11 Å². The molecule has 1 heterocycles. The summed E-state index contributed by atoms with van der Waals surface area (Å²) in [6, 6.07) is 2.13. The minimum atomic E-state index is -0.511. The number of rotatable bonds is 4. The van der Waals surface area contributed by atoms with E-state index in [1.54, 1.807) is 0 Å². The Kier molecular flexibility index (Phi) is 4.67. The summed E-state index contributed by atoms with van der Waals surface area (Å²) in [6.45, 7) is 7.29. The lowest BCUT2D eigenvalue weighted by atomic mass is 9.88. The van der Waals surface area contributed by atoms with Crippen LogP contribution in [0.1, 0.15) is 63.8 Å². The zero-order valence-electron chi connectivity index (χ0n) is 12.7. The molecular weight excluding hydrogens is 236 g/mol. The third-order valence-electron chi connectivity index (χ3n) is 4.64. The molecule has 108 valence electrons. The first-order valence-electron chi connectivity index (χ1n) is 7.82. The molecule has 0 bridgehead atoms. The lowest BCUT2D eigenvalue weighted by molar-refractivity contribution is 0.0223. The summed E-state index contributed by atoms with van der Waals surface area (Å²) in [6.07, 6.45) is 7.52. The van der Waals surface area contributed by atoms with E-state index in [2.05, 4.69) is 25.0 Å². The summed E-state index contributed by atoms with van der Waals surface area (Å²) in [7, 11) is 0. The highest BCUT2D eigenvalue weighted by atomic mass is 16.3. The molecule has 0 aliphatic heterocycles. The summed E-state index contributed by atoms with van der Waals surface area (Å²) < 4.78 is 2.04. The first kappa shape index (κ1) is 14.6. The SMILES string of the molecule is CCC1CCCC(O)(Cc2cc(C)nn2CC)CC1. The lowest BCUT2D eigenvalue weighted by Crippen LogP contribution is -2.31. The fourth-order valence-corrected chi connectivity index (χ4v) is 3.40. The number of hydrogen-bond donors (Lipinski definition) is 1. The van der Waals surface area contributed by atoms with E-state index in [0.717, 1.165) is 43.8 Å². The van der Waals surface area contributed by atoms with Gasteiger partial charge in [0.25, 0.3) is 0 Å². The van der Waals surface area contributed by atoms with E-state index in [1.165, 1.54) is 25.0 Å². The summed E-state index contributed by atoms with van der Waals surface area (Å²) in [5, 5.41) is 15.4. The average Bonchev–Trinajstić information content (AvgIpc) is 2.61. The third kappa shape index (κ3) is 3.59. The van der Waals surface area contributed by atoms with Crippen molar-refractivity contribution in [3.63, 3.8) is 0 Å². The topological polar surface area (TPSA) is 38.1 Å². The van der Waals surface area contributed by atoms with Gasteiger partial charge in [-0.2, -0.15) is 5.10 Å². The van der Waals surface area contributed by atoms with Crippen LogP contribution in [0.3, 0.4) is 0 Å². The third-order valence-corrected chi connectivity index (χ3v) is 4.64. The predicted octanol–water partition coefficient (Wildman–Crippen LogP) is 3.48. The molecule has 1 aliphatic carbocycles. The molecular formula is C16H28N2O. The van der Waals surface area contributed by atoms with Crippen molar-refractivity contribution in [3.05, 3.63) is 17.5 Å². The van der Waals surface area contributed by atoms with Gasteiger partial charge >= 0.3 is 0 Å². The maximum Gasteiger partial charge on any atom is 0.0703 e. The van der Waals surface area contributed by atoms with E-state index >= 15 is 0 Å². The summed E-state index contributed by atoms with van der Waals surface area (Å²) in [5.74, 6) is 0.812. The maximum absolute atomic E-state index is 10.9. The van der Waals surface area contributed by atoms with Gasteiger partial charge in [-0.25, -0.2) is 0 Å². The van der Waals surface area contributed by atoms with Crippen LogP contribution < -0.4 is 0 Å². The Morgan fingerprint density at radius 2 is 2.16 bits per heavy atom. The smallest absolute Gasteiger partial charge is 0.0703 e. The molecule has 2 rings (SSSR count). The monoisotopic (exact) mass is 264 g/mol. The molecule has 0 amide bonds. The molecule has 1 fully saturated rings. The Balaban J connectivity index is 2.07. The molecule has 0 radical (unpaired) electrons. The molecule has 3 heteroatoms. The second kappa shape index (κ2) is 6.08. The zero-order chi connectivity index (χ0) is 13.9. The van der Waals surface area contributed by atoms with Crippen LogP contribution in [0, 0.1) is 12.8 Å². The molecule has 1 aromatic rings. The van der Waals surface area contributed by atoms with Crippen LogP contribution in [-0.4, -0.2) is 20.5 Å². The van der Waals surface area contributed by atoms with Crippen molar-refractivity contribution in [1.82, 2.24) is 9.78 Å². The molecule has 1 N–H and O–H groups in total. The quantitative estimate of drug-likeness (QED) is 0.846. The van der Waals surface area contributed by atoms with E-state index in [1.807, 2.05) is 11.6 Å². The van der Waals surface area contributed by atoms with Crippen molar-refractivity contribution in [2.24, 2.45) is 5.92 Å². The molecule has 1 saturated carbocycles. The van der Waals surface area contributed by atoms with Gasteiger partial charge in [-0.05, 0) is 45.1 Å². The minimum Gasteiger partial charge on any atom is -0.389 e. The highest BCUT2D eigenvalue weighted by Gasteiger charge is 2.31. The zero-order valence-corrected chi connectivity index (χ0v) is 12.7. The van der Waals surface area contributed by atoms with Gasteiger partial charge in [0.05, 0.1) is 11.3 Å². The van der Waals surface area contributed by atoms with Gasteiger partial charge in [0.15, 0.2) is 0 Å². The molecule has 0 saturated heterocycles. The van der Waals surface area contributed by atoms with Crippen LogP contribution in [0.4, 0.5) is 0 Å². The van der Waals surface area contributed by atoms with Crippen LogP contribution in [0.15, 0.2) is 6.07 Å². The standard InChI is InChI=1S/C16H28N2O/c1-4-14-7-6-9-16(19,10-8-14)12-15-11-13(3)17-18(15)5-2/h11,14,19H,4-10,12H2,1-3H3. The predicted molar refractivity (Wildman–Crippen MR) is 78.2 cm³/mol. The van der Waals surface area contributed by atoms with Crippen molar-refractivity contribution in [1.29, 1.82) is 0 Å². The van der Waals surface area contributed by atoms with Gasteiger partial charge in [0.2, 0.25) is 0 Å². The van der Waals surface area contributed by atoms with Crippen molar-refractivity contribution in [2.75, 3.05) is 0 Å². The summed E-state index contributed by atoms with van der Waals surface area (Å²) in [4.78, 5) is 0. The molecule has 2 atom stereocenters. The van der Waals surface area contributed by atoms with Crippen LogP contribution in [-0.2, 0) is 13.0 Å². The van der Waals surface area contributed by atoms with Crippen LogP contribution >= 0.6 is 0 Å². The van der Waals surface area contributed by atoms with Crippen LogP contribution in [0.25, 0.3) is 0 Å². The summed E-state index contributed by atoms with van der Waals surface area (Å²) >= 11 is 0. The van der Waals surface area contributed by atoms with E-state index in [-0.39, 0.29) is 0 Å². The largest absolute Gasteiger partial charge is 0.389 e. The van der Waals surface area contributed by atoms with Crippen molar-refractivity contribution in [3.8, 4) is 0 Å². The van der Waals surface area contributed by atoms with E-state index < -0.39 is 5.60 Å². The normalized spacial score (nSPS) is 28.3. The highest BCUT2D eigenvalue weighted by Crippen LogP contribution is 2.34. The highest BCUT2D eigenvalue weighted by molar-refractivity contribution is 5.12. The minimum absolute atomic E-state index is 0.511. The molecule has 19 heavy (non-hydrogen) atoms. The Morgan fingerprint density at radius 3 is 2.84 bits per heavy atom. The van der Waals surface area contributed by atoms with Crippen molar-refractivity contribution >= 4 is 0 Å². The number of aromatic nitrogens is 2. The number of aliphatic hydroxyl groups is 1. The molecule has 1 aromatic heterocycles. The Morgan fingerprint density at radius 1 is 1.37 bits per heavy atom. The second-order valence-corrected chi connectivity index (χ2v) is 6.20. The average molecular weight is 264 g/mol. The van der Waals surface area contributed by atoms with Gasteiger partial charge in [0, 0.05) is 18.7 Å². The van der Waals surface area contributed by atoms with Crippen LogP contribution in [0.2, 0.25) is 0 Å². The van der Waals surface area contributed by atoms with E-state index in [0.29, 0.717) is 0 Å². The van der Waals surface area contributed by atoms with Gasteiger partial charge in [-0.3, -0.25) is 4.68 Å². The van der Waals surface area contributed by atoms with Crippen molar-refractivity contribution in [2.45, 2.75) is 77.9 Å². The Labute approximate surface area is 117 Å². The van der Waals surface area contributed by atoms with Gasteiger partial charge < -0.3 is 5.11 Å². The fourth-order valence-electron chi connectivity index (χ4n) is 3.40. The Bertz CT molecular complexity index is 413. The first-order chi connectivity index (χ1) is 9.06. The number of hydrogen-bond acceptors (Lipinski definition) is 2. The number of aryl methyl sites for hydroxylation is 2. The van der Waals surface area contributed by atoms with Crippen molar-refractivity contribution < 1.29 is 5.11 Å². The van der Waals surface area contributed by atoms with Crippen LogP contribution in [0.5, 0.6) is 0 Å². The van der Waals surface area contributed by atoms with Gasteiger partial charge in [-0.15, -0.1) is 0 Å².